The maximum absolute atomic E-state index is 12.4. The quantitative estimate of drug-likeness (QED) is 0.819. The standard InChI is InChI=1S/C19H29N3O3/c1-21(2)19(24)22(17-10-14-25-15-11-17)13-12-20-18(23)9-8-16-6-4-3-5-7-16/h3-7,17H,8-15H2,1-2H3,(H,20,23). The number of benzene rings is 1. The number of ether oxygens (including phenoxy) is 1. The van der Waals surface area contributed by atoms with E-state index in [-0.39, 0.29) is 18.0 Å². The Labute approximate surface area is 150 Å². The highest BCUT2D eigenvalue weighted by Crippen LogP contribution is 2.15. The second kappa shape index (κ2) is 10.0. The Morgan fingerprint density at radius 2 is 1.84 bits per heavy atom. The predicted octanol–water partition coefficient (Wildman–Crippen LogP) is 1.90. The summed E-state index contributed by atoms with van der Waals surface area (Å²) in [6.07, 6.45) is 2.89. The summed E-state index contributed by atoms with van der Waals surface area (Å²) in [4.78, 5) is 27.9. The van der Waals surface area contributed by atoms with Gasteiger partial charge in [-0.2, -0.15) is 0 Å². The van der Waals surface area contributed by atoms with Crippen LogP contribution < -0.4 is 5.32 Å². The van der Waals surface area contributed by atoms with E-state index < -0.39 is 0 Å². The van der Waals surface area contributed by atoms with Crippen molar-refractivity contribution in [2.24, 2.45) is 0 Å². The van der Waals surface area contributed by atoms with Gasteiger partial charge in [-0.25, -0.2) is 4.79 Å². The van der Waals surface area contributed by atoms with Crippen molar-refractivity contribution in [1.29, 1.82) is 0 Å². The van der Waals surface area contributed by atoms with Crippen LogP contribution in [0.4, 0.5) is 4.79 Å². The van der Waals surface area contributed by atoms with Crippen molar-refractivity contribution in [3.63, 3.8) is 0 Å². The molecular weight excluding hydrogens is 318 g/mol. The third-order valence-corrected chi connectivity index (χ3v) is 4.42. The molecular formula is C19H29N3O3. The lowest BCUT2D eigenvalue weighted by atomic mass is 10.1. The van der Waals surface area contributed by atoms with Gasteiger partial charge in [0.15, 0.2) is 0 Å². The zero-order valence-electron chi connectivity index (χ0n) is 15.2. The van der Waals surface area contributed by atoms with Gasteiger partial charge in [-0.3, -0.25) is 4.79 Å². The fourth-order valence-corrected chi connectivity index (χ4v) is 2.99. The lowest BCUT2D eigenvalue weighted by Gasteiger charge is -2.36. The predicted molar refractivity (Wildman–Crippen MR) is 97.4 cm³/mol. The SMILES string of the molecule is CN(C)C(=O)N(CCNC(=O)CCc1ccccc1)C1CCOCC1. The van der Waals surface area contributed by atoms with E-state index >= 15 is 0 Å². The van der Waals surface area contributed by atoms with Crippen molar-refractivity contribution in [3.05, 3.63) is 35.9 Å². The Bertz CT molecular complexity index is 542. The second-order valence-corrected chi connectivity index (χ2v) is 6.55. The smallest absolute Gasteiger partial charge is 0.319 e. The van der Waals surface area contributed by atoms with Gasteiger partial charge in [-0.05, 0) is 24.8 Å². The van der Waals surface area contributed by atoms with Gasteiger partial charge < -0.3 is 19.9 Å². The minimum atomic E-state index is -0.00886. The van der Waals surface area contributed by atoms with E-state index in [2.05, 4.69) is 5.32 Å². The summed E-state index contributed by atoms with van der Waals surface area (Å²) in [7, 11) is 3.51. The molecule has 138 valence electrons. The summed E-state index contributed by atoms with van der Waals surface area (Å²) < 4.78 is 5.39. The summed E-state index contributed by atoms with van der Waals surface area (Å²) >= 11 is 0. The van der Waals surface area contributed by atoms with Crippen molar-refractivity contribution < 1.29 is 14.3 Å². The maximum Gasteiger partial charge on any atom is 0.319 e. The van der Waals surface area contributed by atoms with Crippen LogP contribution >= 0.6 is 0 Å². The topological polar surface area (TPSA) is 61.9 Å². The van der Waals surface area contributed by atoms with Gasteiger partial charge in [-0.1, -0.05) is 30.3 Å². The summed E-state index contributed by atoms with van der Waals surface area (Å²) in [5.41, 5.74) is 1.16. The summed E-state index contributed by atoms with van der Waals surface area (Å²) in [5.74, 6) is 0.0214. The minimum Gasteiger partial charge on any atom is -0.381 e. The number of hydrogen-bond acceptors (Lipinski definition) is 3. The van der Waals surface area contributed by atoms with Crippen molar-refractivity contribution in [2.45, 2.75) is 31.7 Å². The number of carbonyl (C=O) groups is 2. The molecule has 1 fully saturated rings. The lowest BCUT2D eigenvalue weighted by Crippen LogP contribution is -2.50. The zero-order chi connectivity index (χ0) is 18.1. The van der Waals surface area contributed by atoms with E-state index in [0.717, 1.165) is 24.8 Å². The van der Waals surface area contributed by atoms with Crippen LogP contribution in [0.5, 0.6) is 0 Å². The highest BCUT2D eigenvalue weighted by Gasteiger charge is 2.26. The largest absolute Gasteiger partial charge is 0.381 e. The Morgan fingerprint density at radius 1 is 1.16 bits per heavy atom. The molecule has 0 saturated carbocycles. The molecule has 1 N–H and O–H groups in total. The van der Waals surface area contributed by atoms with E-state index in [1.54, 1.807) is 19.0 Å². The molecule has 0 spiro atoms. The molecule has 1 aliphatic heterocycles. The van der Waals surface area contributed by atoms with Gasteiger partial charge in [0, 0.05) is 52.9 Å². The number of nitrogens with zero attached hydrogens (tertiary/aromatic N) is 2. The number of amides is 3. The normalized spacial score (nSPS) is 14.8. The summed E-state index contributed by atoms with van der Waals surface area (Å²) in [6, 6.07) is 10.1. The lowest BCUT2D eigenvalue weighted by molar-refractivity contribution is -0.121. The minimum absolute atomic E-state index is 0.00886. The summed E-state index contributed by atoms with van der Waals surface area (Å²) in [6.45, 7) is 2.37. The van der Waals surface area contributed by atoms with Crippen LogP contribution in [0.2, 0.25) is 0 Å². The fraction of sp³-hybridized carbons (Fsp3) is 0.579. The van der Waals surface area contributed by atoms with E-state index in [9.17, 15) is 9.59 Å². The average Bonchev–Trinajstić information content (AvgIpc) is 2.64. The fourth-order valence-electron chi connectivity index (χ4n) is 2.99. The maximum atomic E-state index is 12.4. The molecule has 1 aromatic rings. The molecule has 0 unspecified atom stereocenters. The molecule has 6 heteroatoms. The van der Waals surface area contributed by atoms with E-state index in [1.807, 2.05) is 35.2 Å². The van der Waals surface area contributed by atoms with Crippen LogP contribution in [-0.2, 0) is 16.0 Å². The van der Waals surface area contributed by atoms with Crippen molar-refractivity contribution >= 4 is 11.9 Å². The molecule has 0 aromatic heterocycles. The van der Waals surface area contributed by atoms with E-state index in [0.29, 0.717) is 32.7 Å². The Kier molecular flexibility index (Phi) is 7.73. The van der Waals surface area contributed by atoms with Gasteiger partial charge in [-0.15, -0.1) is 0 Å². The molecule has 1 aromatic carbocycles. The molecule has 1 aliphatic rings. The third kappa shape index (κ3) is 6.38. The number of nitrogens with one attached hydrogen (secondary N) is 1. The van der Waals surface area contributed by atoms with Gasteiger partial charge in [0.1, 0.15) is 0 Å². The number of carbonyl (C=O) groups excluding carboxylic acids is 2. The number of rotatable bonds is 7. The molecule has 0 aliphatic carbocycles. The van der Waals surface area contributed by atoms with Crippen molar-refractivity contribution in [2.75, 3.05) is 40.4 Å². The Balaban J connectivity index is 1.77. The highest BCUT2D eigenvalue weighted by molar-refractivity contribution is 5.76. The van der Waals surface area contributed by atoms with Crippen LogP contribution in [0.3, 0.4) is 0 Å². The van der Waals surface area contributed by atoms with Gasteiger partial charge in [0.2, 0.25) is 5.91 Å². The first-order chi connectivity index (χ1) is 12.1. The molecule has 0 radical (unpaired) electrons. The molecule has 2 rings (SSSR count). The Hall–Kier alpha value is -2.08. The van der Waals surface area contributed by atoms with Crippen LogP contribution in [0.25, 0.3) is 0 Å². The van der Waals surface area contributed by atoms with Crippen LogP contribution in [0, 0.1) is 0 Å². The molecule has 25 heavy (non-hydrogen) atoms. The van der Waals surface area contributed by atoms with Crippen LogP contribution in [0.1, 0.15) is 24.8 Å². The molecule has 0 bridgehead atoms. The third-order valence-electron chi connectivity index (χ3n) is 4.42. The van der Waals surface area contributed by atoms with Crippen LogP contribution in [0.15, 0.2) is 30.3 Å². The van der Waals surface area contributed by atoms with E-state index in [1.165, 1.54) is 0 Å². The second-order valence-electron chi connectivity index (χ2n) is 6.55. The van der Waals surface area contributed by atoms with Gasteiger partial charge >= 0.3 is 6.03 Å². The Morgan fingerprint density at radius 3 is 2.48 bits per heavy atom. The number of aryl methyl sites for hydroxylation is 1. The highest BCUT2D eigenvalue weighted by atomic mass is 16.5. The average molecular weight is 347 g/mol. The molecule has 1 heterocycles. The number of urea groups is 1. The zero-order valence-corrected chi connectivity index (χ0v) is 15.2. The van der Waals surface area contributed by atoms with Crippen molar-refractivity contribution in [1.82, 2.24) is 15.1 Å². The first-order valence-corrected chi connectivity index (χ1v) is 8.94. The van der Waals surface area contributed by atoms with Gasteiger partial charge in [0.05, 0.1) is 0 Å². The molecule has 1 saturated heterocycles. The molecule has 6 nitrogen and oxygen atoms in total. The van der Waals surface area contributed by atoms with Gasteiger partial charge in [0.25, 0.3) is 0 Å². The summed E-state index contributed by atoms with van der Waals surface area (Å²) in [5, 5.41) is 2.93. The van der Waals surface area contributed by atoms with Crippen LogP contribution in [-0.4, -0.2) is 68.2 Å². The first kappa shape index (κ1) is 19.2. The molecule has 3 amide bonds. The van der Waals surface area contributed by atoms with Crippen molar-refractivity contribution in [3.8, 4) is 0 Å². The first-order valence-electron chi connectivity index (χ1n) is 8.94. The number of hydrogen-bond donors (Lipinski definition) is 1. The molecule has 0 atom stereocenters. The van der Waals surface area contributed by atoms with E-state index in [4.69, 9.17) is 4.74 Å². The monoisotopic (exact) mass is 347 g/mol.